The summed E-state index contributed by atoms with van der Waals surface area (Å²) in [4.78, 5) is 7.35. The molecule has 0 bridgehead atoms. The summed E-state index contributed by atoms with van der Waals surface area (Å²) in [5.74, 6) is 0.230. The summed E-state index contributed by atoms with van der Waals surface area (Å²) in [6.45, 7) is 0. The van der Waals surface area contributed by atoms with Gasteiger partial charge in [-0.05, 0) is 30.2 Å². The lowest BCUT2D eigenvalue weighted by molar-refractivity contribution is 0.459. The Balaban J connectivity index is 1.53. The molecule has 0 saturated carbocycles. The maximum Gasteiger partial charge on any atom is 0.218 e. The third kappa shape index (κ3) is 3.01. The molecule has 2 heterocycles. The van der Waals surface area contributed by atoms with Crippen LogP contribution in [0.3, 0.4) is 0 Å². The molecule has 0 aliphatic carbocycles. The number of hydrogen-bond acceptors (Lipinski definition) is 5. The number of para-hydroxylation sites is 1. The molecule has 0 radical (unpaired) electrons. The Bertz CT molecular complexity index is 1020. The molecule has 25 heavy (non-hydrogen) atoms. The van der Waals surface area contributed by atoms with Gasteiger partial charge in [0, 0.05) is 11.6 Å². The molecular weight excluding hydrogens is 316 g/mol. The highest BCUT2D eigenvalue weighted by atomic mass is 16.3. The van der Waals surface area contributed by atoms with Gasteiger partial charge in [-0.15, -0.1) is 10.2 Å². The van der Waals surface area contributed by atoms with Crippen molar-refractivity contribution >= 4 is 22.8 Å². The highest BCUT2D eigenvalue weighted by Crippen LogP contribution is 2.36. The molecule has 6 heteroatoms. The number of rotatable bonds is 3. The first-order valence-electron chi connectivity index (χ1n) is 7.94. The Morgan fingerprint density at radius 1 is 1.04 bits per heavy atom. The molecule has 1 aromatic heterocycles. The van der Waals surface area contributed by atoms with Crippen molar-refractivity contribution in [2.45, 2.75) is 12.5 Å². The van der Waals surface area contributed by atoms with Crippen LogP contribution in [0, 0.1) is 0 Å². The molecule has 2 aromatic carbocycles. The number of aliphatic imine (C=N–C) groups is 1. The number of benzene rings is 2. The maximum atomic E-state index is 9.99. The molecule has 0 saturated heterocycles. The fourth-order valence-corrected chi connectivity index (χ4v) is 2.86. The predicted octanol–water partition coefficient (Wildman–Crippen LogP) is 4.76. The smallest absolute Gasteiger partial charge is 0.218 e. The zero-order valence-electron chi connectivity index (χ0n) is 13.3. The maximum absolute atomic E-state index is 9.99. The Hall–Kier alpha value is -3.41. The van der Waals surface area contributed by atoms with Gasteiger partial charge >= 0.3 is 0 Å². The van der Waals surface area contributed by atoms with Gasteiger partial charge in [-0.1, -0.05) is 36.4 Å². The molecular formula is C19H16N4O2. The Kier molecular flexibility index (Phi) is 3.78. The molecule has 1 atom stereocenters. The summed E-state index contributed by atoms with van der Waals surface area (Å²) in [5, 5.41) is 28.7. The zero-order chi connectivity index (χ0) is 17.2. The van der Waals surface area contributed by atoms with Gasteiger partial charge in [-0.3, -0.25) is 4.99 Å². The van der Waals surface area contributed by atoms with Crippen LogP contribution in [0.4, 0.5) is 5.69 Å². The highest BCUT2D eigenvalue weighted by Gasteiger charge is 2.13. The minimum Gasteiger partial charge on any atom is -0.508 e. The summed E-state index contributed by atoms with van der Waals surface area (Å²) < 4.78 is 0. The third-order valence-electron chi connectivity index (χ3n) is 4.12. The Labute approximate surface area is 143 Å². The first-order chi connectivity index (χ1) is 12.2. The topological polar surface area (TPSA) is 93.3 Å². The van der Waals surface area contributed by atoms with Crippen molar-refractivity contribution in [3.8, 4) is 11.6 Å². The van der Waals surface area contributed by atoms with Crippen LogP contribution in [0.1, 0.15) is 18.0 Å². The summed E-state index contributed by atoms with van der Waals surface area (Å²) in [6, 6.07) is 14.6. The average molecular weight is 332 g/mol. The van der Waals surface area contributed by atoms with E-state index in [9.17, 15) is 10.2 Å². The molecule has 1 unspecified atom stereocenters. The van der Waals surface area contributed by atoms with Crippen LogP contribution in [0.2, 0.25) is 0 Å². The van der Waals surface area contributed by atoms with E-state index < -0.39 is 0 Å². The van der Waals surface area contributed by atoms with E-state index in [0.29, 0.717) is 17.8 Å². The van der Waals surface area contributed by atoms with Gasteiger partial charge < -0.3 is 15.2 Å². The van der Waals surface area contributed by atoms with Gasteiger partial charge in [-0.25, -0.2) is 0 Å². The fraction of sp³-hybridized carbons (Fsp3) is 0.105. The van der Waals surface area contributed by atoms with E-state index in [1.54, 1.807) is 24.4 Å². The van der Waals surface area contributed by atoms with Crippen LogP contribution < -0.4 is 0 Å². The zero-order valence-corrected chi connectivity index (χ0v) is 13.3. The summed E-state index contributed by atoms with van der Waals surface area (Å²) in [6.07, 6.45) is 4.28. The number of dihydropyridines is 1. The van der Waals surface area contributed by atoms with E-state index in [0.717, 1.165) is 16.5 Å². The lowest BCUT2D eigenvalue weighted by atomic mass is 10.0. The number of phenols is 1. The third-order valence-corrected chi connectivity index (χ3v) is 4.12. The van der Waals surface area contributed by atoms with Gasteiger partial charge in [-0.2, -0.15) is 0 Å². The lowest BCUT2D eigenvalue weighted by Crippen LogP contribution is -2.00. The number of aromatic hydroxyl groups is 2. The number of fused-ring (bicyclic) bond motifs is 1. The van der Waals surface area contributed by atoms with Crippen LogP contribution in [-0.2, 0) is 0 Å². The molecule has 124 valence electrons. The second-order valence-corrected chi connectivity index (χ2v) is 5.82. The van der Waals surface area contributed by atoms with Gasteiger partial charge in [0.15, 0.2) is 5.69 Å². The molecule has 4 rings (SSSR count). The second-order valence-electron chi connectivity index (χ2n) is 5.82. The van der Waals surface area contributed by atoms with Crippen molar-refractivity contribution in [3.63, 3.8) is 0 Å². The highest BCUT2D eigenvalue weighted by molar-refractivity contribution is 5.94. The average Bonchev–Trinajstić information content (AvgIpc) is 2.95. The minimum absolute atomic E-state index is 0.00376. The van der Waals surface area contributed by atoms with Gasteiger partial charge in [0.2, 0.25) is 5.88 Å². The normalized spacial score (nSPS) is 17.3. The number of aromatic nitrogens is 1. The van der Waals surface area contributed by atoms with Crippen LogP contribution in [-0.4, -0.2) is 21.4 Å². The van der Waals surface area contributed by atoms with E-state index in [2.05, 4.69) is 20.2 Å². The summed E-state index contributed by atoms with van der Waals surface area (Å²) in [5.41, 5.74) is 2.82. The van der Waals surface area contributed by atoms with E-state index >= 15 is 0 Å². The number of azo groups is 1. The van der Waals surface area contributed by atoms with Crippen LogP contribution in [0.5, 0.6) is 11.6 Å². The molecule has 3 N–H and O–H groups in total. The number of nitrogens with one attached hydrogen (secondary N) is 1. The number of H-pyrrole nitrogens is 1. The molecule has 0 fully saturated rings. The first-order valence-corrected chi connectivity index (χ1v) is 7.94. The monoisotopic (exact) mass is 332 g/mol. The van der Waals surface area contributed by atoms with Crippen molar-refractivity contribution in [1.29, 1.82) is 0 Å². The lowest BCUT2D eigenvalue weighted by Gasteiger charge is -2.14. The fourth-order valence-electron chi connectivity index (χ4n) is 2.86. The van der Waals surface area contributed by atoms with Crippen LogP contribution in [0.15, 0.2) is 75.5 Å². The van der Waals surface area contributed by atoms with E-state index in [-0.39, 0.29) is 17.7 Å². The number of nitrogens with zero attached hydrogens (tertiary/aromatic N) is 3. The van der Waals surface area contributed by atoms with Crippen LogP contribution >= 0.6 is 0 Å². The number of hydrogen-bond donors (Lipinski definition) is 3. The van der Waals surface area contributed by atoms with Crippen molar-refractivity contribution in [2.75, 3.05) is 0 Å². The number of phenolic OH excluding ortho intramolecular Hbond substituents is 1. The number of aromatic amines is 1. The molecule has 1 aliphatic rings. The standard InChI is InChI=1S/C19H16N4O2/c24-14-5-3-4-12(10-14)16-9-8-13(11-20-16)22-23-18-15-6-1-2-7-17(15)21-19(18)25/h1-8,10-11,16,21,24-25H,9H2. The quantitative estimate of drug-likeness (QED) is 0.603. The van der Waals surface area contributed by atoms with E-state index in [4.69, 9.17) is 0 Å². The largest absolute Gasteiger partial charge is 0.508 e. The van der Waals surface area contributed by atoms with Crippen molar-refractivity contribution in [3.05, 3.63) is 65.9 Å². The summed E-state index contributed by atoms with van der Waals surface area (Å²) in [7, 11) is 0. The molecule has 3 aromatic rings. The van der Waals surface area contributed by atoms with Crippen molar-refractivity contribution in [1.82, 2.24) is 4.98 Å². The van der Waals surface area contributed by atoms with Gasteiger partial charge in [0.25, 0.3) is 0 Å². The molecule has 0 spiro atoms. The Morgan fingerprint density at radius 3 is 2.72 bits per heavy atom. The van der Waals surface area contributed by atoms with Crippen molar-refractivity contribution in [2.24, 2.45) is 15.2 Å². The predicted molar refractivity (Wildman–Crippen MR) is 96.5 cm³/mol. The number of allylic oxidation sites excluding steroid dienone is 1. The van der Waals surface area contributed by atoms with E-state index in [1.807, 2.05) is 36.4 Å². The summed E-state index contributed by atoms with van der Waals surface area (Å²) >= 11 is 0. The molecule has 0 amide bonds. The Morgan fingerprint density at radius 2 is 1.92 bits per heavy atom. The molecule has 6 nitrogen and oxygen atoms in total. The van der Waals surface area contributed by atoms with Crippen LogP contribution in [0.25, 0.3) is 10.9 Å². The molecule has 1 aliphatic heterocycles. The van der Waals surface area contributed by atoms with Gasteiger partial charge in [0.1, 0.15) is 5.75 Å². The minimum atomic E-state index is -0.0347. The second kappa shape index (κ2) is 6.24. The van der Waals surface area contributed by atoms with Crippen molar-refractivity contribution < 1.29 is 10.2 Å². The van der Waals surface area contributed by atoms with E-state index in [1.165, 1.54) is 0 Å². The first kappa shape index (κ1) is 15.1. The SMILES string of the molecule is Oc1cccc(C2CC=C(N=Nc3c(O)[nH]c4ccccc34)C=N2)c1. The van der Waals surface area contributed by atoms with Gasteiger partial charge in [0.05, 0.1) is 17.3 Å².